The predicted molar refractivity (Wildman–Crippen MR) is 105 cm³/mol. The summed E-state index contributed by atoms with van der Waals surface area (Å²) >= 11 is 0. The van der Waals surface area contributed by atoms with Crippen LogP contribution in [0.15, 0.2) is 48.7 Å². The van der Waals surface area contributed by atoms with E-state index in [1.54, 1.807) is 32.4 Å². The molecule has 0 saturated heterocycles. The third-order valence-electron chi connectivity index (χ3n) is 4.37. The normalized spacial score (nSPS) is 11.6. The molecule has 0 aliphatic rings. The molecule has 0 saturated carbocycles. The Labute approximate surface area is 172 Å². The van der Waals surface area contributed by atoms with Crippen molar-refractivity contribution >= 4 is 5.91 Å². The van der Waals surface area contributed by atoms with Gasteiger partial charge in [-0.3, -0.25) is 4.79 Å². The molecule has 7 nitrogen and oxygen atoms in total. The Hall–Kier alpha value is -3.62. The van der Waals surface area contributed by atoms with Crippen molar-refractivity contribution in [2.24, 2.45) is 0 Å². The minimum atomic E-state index is -0.818. The summed E-state index contributed by atoms with van der Waals surface area (Å²) in [4.78, 5) is 12.6. The minimum absolute atomic E-state index is 0.114. The highest BCUT2D eigenvalue weighted by molar-refractivity contribution is 5.92. The second-order valence-electron chi connectivity index (χ2n) is 6.39. The van der Waals surface area contributed by atoms with Crippen LogP contribution < -0.4 is 19.5 Å². The van der Waals surface area contributed by atoms with Crippen molar-refractivity contribution < 1.29 is 27.8 Å². The summed E-state index contributed by atoms with van der Waals surface area (Å²) < 4.78 is 43.8. The van der Waals surface area contributed by atoms with Gasteiger partial charge in [0.05, 0.1) is 20.3 Å². The third kappa shape index (κ3) is 4.86. The van der Waals surface area contributed by atoms with Crippen LogP contribution in [0, 0.1) is 11.6 Å². The number of aromatic nitrogens is 2. The van der Waals surface area contributed by atoms with E-state index < -0.39 is 17.5 Å². The van der Waals surface area contributed by atoms with E-state index in [1.165, 1.54) is 23.0 Å². The highest BCUT2D eigenvalue weighted by Crippen LogP contribution is 2.29. The van der Waals surface area contributed by atoms with Crippen molar-refractivity contribution in [3.8, 4) is 17.2 Å². The monoisotopic (exact) mass is 417 g/mol. The second-order valence-corrected chi connectivity index (χ2v) is 6.39. The lowest BCUT2D eigenvalue weighted by Crippen LogP contribution is -2.27. The smallest absolute Gasteiger partial charge is 0.272 e. The Morgan fingerprint density at radius 3 is 2.57 bits per heavy atom. The molecule has 0 aliphatic heterocycles. The lowest BCUT2D eigenvalue weighted by Gasteiger charge is -2.17. The Kier molecular flexibility index (Phi) is 6.51. The van der Waals surface area contributed by atoms with E-state index in [2.05, 4.69) is 10.4 Å². The first-order chi connectivity index (χ1) is 14.4. The van der Waals surface area contributed by atoms with E-state index in [0.29, 0.717) is 11.5 Å². The topological polar surface area (TPSA) is 74.6 Å². The molecule has 1 atom stereocenters. The summed E-state index contributed by atoms with van der Waals surface area (Å²) in [7, 11) is 3.10. The molecular weight excluding hydrogens is 396 g/mol. The van der Waals surface area contributed by atoms with Crippen LogP contribution in [0.2, 0.25) is 0 Å². The molecule has 0 radical (unpaired) electrons. The zero-order valence-electron chi connectivity index (χ0n) is 16.7. The van der Waals surface area contributed by atoms with Crippen molar-refractivity contribution in [3.63, 3.8) is 0 Å². The molecular formula is C21H21F2N3O4. The van der Waals surface area contributed by atoms with Gasteiger partial charge in [-0.1, -0.05) is 0 Å². The summed E-state index contributed by atoms with van der Waals surface area (Å²) in [6.07, 6.45) is 1.52. The Balaban J connectivity index is 1.65. The average Bonchev–Trinajstić information content (AvgIpc) is 3.21. The Morgan fingerprint density at radius 1 is 1.10 bits per heavy atom. The van der Waals surface area contributed by atoms with E-state index >= 15 is 0 Å². The molecule has 1 heterocycles. The van der Waals surface area contributed by atoms with Gasteiger partial charge in [0.15, 0.2) is 18.3 Å². The molecule has 0 bridgehead atoms. The van der Waals surface area contributed by atoms with Gasteiger partial charge in [-0.05, 0) is 43.3 Å². The third-order valence-corrected chi connectivity index (χ3v) is 4.37. The van der Waals surface area contributed by atoms with Crippen LogP contribution in [0.4, 0.5) is 8.78 Å². The molecule has 1 unspecified atom stereocenters. The maximum Gasteiger partial charge on any atom is 0.272 e. The van der Waals surface area contributed by atoms with Crippen LogP contribution in [-0.2, 0) is 6.73 Å². The molecule has 0 fully saturated rings. The maximum atomic E-state index is 13.6. The lowest BCUT2D eigenvalue weighted by atomic mass is 10.1. The summed E-state index contributed by atoms with van der Waals surface area (Å²) in [6, 6.07) is 9.45. The van der Waals surface area contributed by atoms with Gasteiger partial charge in [-0.15, -0.1) is 0 Å². The first-order valence-electron chi connectivity index (χ1n) is 9.05. The van der Waals surface area contributed by atoms with Crippen LogP contribution in [0.25, 0.3) is 0 Å². The number of hydrogen-bond acceptors (Lipinski definition) is 5. The Bertz CT molecular complexity index is 1040. The number of nitrogens with zero attached hydrogens (tertiary/aromatic N) is 2. The molecule has 0 spiro atoms. The molecule has 3 aromatic rings. The minimum Gasteiger partial charge on any atom is -0.497 e. The molecule has 0 aliphatic carbocycles. The van der Waals surface area contributed by atoms with E-state index in [-0.39, 0.29) is 24.2 Å². The van der Waals surface area contributed by atoms with Gasteiger partial charge in [0.2, 0.25) is 0 Å². The molecule has 3 rings (SSSR count). The van der Waals surface area contributed by atoms with Crippen LogP contribution in [0.5, 0.6) is 17.2 Å². The lowest BCUT2D eigenvalue weighted by molar-refractivity contribution is 0.0932. The number of halogens is 2. The van der Waals surface area contributed by atoms with Gasteiger partial charge >= 0.3 is 0 Å². The standard InChI is InChI=1S/C21H21F2N3O4/c1-13(16-11-15(28-2)5-7-19(16)29-3)24-21(27)18-8-9-26(25-18)12-30-20-6-4-14(22)10-17(20)23/h4-11,13H,12H2,1-3H3,(H,24,27). The number of carbonyl (C=O) groups is 1. The number of amides is 1. The Morgan fingerprint density at radius 2 is 1.87 bits per heavy atom. The number of nitrogens with one attached hydrogen (secondary N) is 1. The van der Waals surface area contributed by atoms with Crippen molar-refractivity contribution in [1.29, 1.82) is 0 Å². The van der Waals surface area contributed by atoms with Gasteiger partial charge in [-0.2, -0.15) is 5.10 Å². The van der Waals surface area contributed by atoms with Crippen molar-refractivity contribution in [2.45, 2.75) is 19.7 Å². The molecule has 1 N–H and O–H groups in total. The predicted octanol–water partition coefficient (Wildman–Crippen LogP) is 3.71. The van der Waals surface area contributed by atoms with Crippen molar-refractivity contribution in [1.82, 2.24) is 15.1 Å². The summed E-state index contributed by atoms with van der Waals surface area (Å²) in [5.41, 5.74) is 0.909. The largest absolute Gasteiger partial charge is 0.497 e. The van der Waals surface area contributed by atoms with Crippen LogP contribution >= 0.6 is 0 Å². The quantitative estimate of drug-likeness (QED) is 0.605. The number of carbonyl (C=O) groups excluding carboxylic acids is 1. The highest BCUT2D eigenvalue weighted by atomic mass is 19.1. The van der Waals surface area contributed by atoms with E-state index in [0.717, 1.165) is 17.7 Å². The number of ether oxygens (including phenoxy) is 3. The molecule has 30 heavy (non-hydrogen) atoms. The SMILES string of the molecule is COc1ccc(OC)c(C(C)NC(=O)c2ccn(COc3ccc(F)cc3F)n2)c1. The van der Waals surface area contributed by atoms with Gasteiger partial charge < -0.3 is 19.5 Å². The van der Waals surface area contributed by atoms with Gasteiger partial charge in [-0.25, -0.2) is 13.5 Å². The summed E-state index contributed by atoms with van der Waals surface area (Å²) in [5.74, 6) is -0.776. The average molecular weight is 417 g/mol. The van der Waals surface area contributed by atoms with Crippen LogP contribution in [0.3, 0.4) is 0 Å². The van der Waals surface area contributed by atoms with Crippen molar-refractivity contribution in [2.75, 3.05) is 14.2 Å². The molecule has 9 heteroatoms. The number of hydrogen-bond donors (Lipinski definition) is 1. The molecule has 158 valence electrons. The number of methoxy groups -OCH3 is 2. The molecule has 2 aromatic carbocycles. The zero-order chi connectivity index (χ0) is 21.7. The van der Waals surface area contributed by atoms with E-state index in [1.807, 2.05) is 6.92 Å². The summed E-state index contributed by atoms with van der Waals surface area (Å²) in [6.45, 7) is 1.67. The fraction of sp³-hybridized carbons (Fsp3) is 0.238. The first-order valence-corrected chi connectivity index (χ1v) is 9.05. The molecule has 1 aromatic heterocycles. The molecule has 1 amide bonds. The highest BCUT2D eigenvalue weighted by Gasteiger charge is 2.18. The summed E-state index contributed by atoms with van der Waals surface area (Å²) in [5, 5.41) is 6.97. The van der Waals surface area contributed by atoms with E-state index in [4.69, 9.17) is 14.2 Å². The maximum absolute atomic E-state index is 13.6. The van der Waals surface area contributed by atoms with E-state index in [9.17, 15) is 13.6 Å². The van der Waals surface area contributed by atoms with Gasteiger partial charge in [0.25, 0.3) is 5.91 Å². The van der Waals surface area contributed by atoms with Crippen LogP contribution in [-0.4, -0.2) is 29.9 Å². The number of rotatable bonds is 8. The first kappa shape index (κ1) is 21.1. The second kappa shape index (κ2) is 9.25. The fourth-order valence-electron chi connectivity index (χ4n) is 2.81. The van der Waals surface area contributed by atoms with Crippen molar-refractivity contribution in [3.05, 3.63) is 71.6 Å². The van der Waals surface area contributed by atoms with Gasteiger partial charge in [0, 0.05) is 17.8 Å². The van der Waals surface area contributed by atoms with Crippen LogP contribution in [0.1, 0.15) is 29.0 Å². The fourth-order valence-corrected chi connectivity index (χ4v) is 2.81. The number of benzene rings is 2. The van der Waals surface area contributed by atoms with Gasteiger partial charge in [0.1, 0.15) is 23.0 Å². The zero-order valence-corrected chi connectivity index (χ0v) is 16.7.